The van der Waals surface area contributed by atoms with E-state index in [-0.39, 0.29) is 17.0 Å². The highest BCUT2D eigenvalue weighted by atomic mass is 16.2. The molecule has 25 heavy (non-hydrogen) atoms. The number of nitrogens with zero attached hydrogens (tertiary/aromatic N) is 1. The molecule has 1 aromatic heterocycles. The van der Waals surface area contributed by atoms with Crippen molar-refractivity contribution in [2.24, 2.45) is 11.8 Å². The summed E-state index contributed by atoms with van der Waals surface area (Å²) in [4.78, 5) is 29.9. The van der Waals surface area contributed by atoms with Crippen LogP contribution >= 0.6 is 0 Å². The molecule has 2 N–H and O–H groups in total. The van der Waals surface area contributed by atoms with Crippen LogP contribution in [0.5, 0.6) is 0 Å². The monoisotopic (exact) mass is 341 g/mol. The van der Waals surface area contributed by atoms with Crippen molar-refractivity contribution in [3.63, 3.8) is 0 Å². The van der Waals surface area contributed by atoms with Gasteiger partial charge < -0.3 is 15.2 Å². The molecule has 0 spiro atoms. The molecular weight excluding hydrogens is 314 g/mol. The zero-order valence-corrected chi connectivity index (χ0v) is 15.0. The number of benzene rings is 1. The van der Waals surface area contributed by atoms with Gasteiger partial charge in [0.25, 0.3) is 11.5 Å². The van der Waals surface area contributed by atoms with Crippen molar-refractivity contribution in [2.75, 3.05) is 26.2 Å². The lowest BCUT2D eigenvalue weighted by molar-refractivity contribution is 0.0928. The van der Waals surface area contributed by atoms with Crippen molar-refractivity contribution in [3.05, 3.63) is 46.2 Å². The summed E-state index contributed by atoms with van der Waals surface area (Å²) in [5.74, 6) is 0.827. The van der Waals surface area contributed by atoms with Gasteiger partial charge in [0.2, 0.25) is 0 Å². The molecule has 5 nitrogen and oxygen atoms in total. The molecule has 1 aromatic carbocycles. The number of aromatic nitrogens is 1. The Balaban J connectivity index is 1.63. The van der Waals surface area contributed by atoms with Crippen molar-refractivity contribution in [1.82, 2.24) is 15.2 Å². The Morgan fingerprint density at radius 1 is 1.36 bits per heavy atom. The average molecular weight is 341 g/mol. The van der Waals surface area contributed by atoms with Crippen molar-refractivity contribution < 1.29 is 4.79 Å². The Hall–Kier alpha value is -2.14. The minimum Gasteiger partial charge on any atom is -0.352 e. The van der Waals surface area contributed by atoms with Crippen LogP contribution in [-0.2, 0) is 0 Å². The van der Waals surface area contributed by atoms with E-state index in [1.807, 2.05) is 24.3 Å². The maximum absolute atomic E-state index is 12.5. The summed E-state index contributed by atoms with van der Waals surface area (Å²) >= 11 is 0. The molecule has 1 atom stereocenters. The zero-order valence-electron chi connectivity index (χ0n) is 15.0. The number of fused-ring (bicyclic) bond motifs is 1. The van der Waals surface area contributed by atoms with E-state index in [2.05, 4.69) is 29.0 Å². The number of carbonyl (C=O) groups excluding carboxylic acids is 1. The number of para-hydroxylation sites is 1. The maximum Gasteiger partial charge on any atom is 0.261 e. The standard InChI is InChI=1S/C20H27N3O2/c1-14(2)12-23-9-5-6-15(13-23)11-21-19(24)17-10-16-7-3-4-8-18(16)22-20(17)25/h3-4,7-8,10,14-15H,5-6,9,11-13H2,1-2H3,(H,21,24)(H,22,25)/t15-/m1/s1. The molecule has 3 rings (SSSR count). The Morgan fingerprint density at radius 2 is 2.16 bits per heavy atom. The number of carbonyl (C=O) groups is 1. The first-order valence-electron chi connectivity index (χ1n) is 9.15. The second-order valence-electron chi connectivity index (χ2n) is 7.47. The highest BCUT2D eigenvalue weighted by Gasteiger charge is 2.21. The predicted molar refractivity (Wildman–Crippen MR) is 101 cm³/mol. The number of nitrogens with one attached hydrogen (secondary N) is 2. The Labute approximate surface area is 148 Å². The van der Waals surface area contributed by atoms with E-state index in [1.165, 1.54) is 6.42 Å². The van der Waals surface area contributed by atoms with Crippen LogP contribution in [0.2, 0.25) is 0 Å². The lowest BCUT2D eigenvalue weighted by atomic mass is 9.97. The molecule has 0 unspecified atom stereocenters. The van der Waals surface area contributed by atoms with Gasteiger partial charge in [-0.3, -0.25) is 9.59 Å². The summed E-state index contributed by atoms with van der Waals surface area (Å²) in [6, 6.07) is 9.17. The number of hydrogen-bond donors (Lipinski definition) is 2. The van der Waals surface area contributed by atoms with Gasteiger partial charge in [0.1, 0.15) is 5.56 Å². The first-order valence-corrected chi connectivity index (χ1v) is 9.15. The molecule has 5 heteroatoms. The third-order valence-electron chi connectivity index (χ3n) is 4.78. The summed E-state index contributed by atoms with van der Waals surface area (Å²) < 4.78 is 0. The largest absolute Gasteiger partial charge is 0.352 e. The number of aromatic amines is 1. The normalized spacial score (nSPS) is 18.6. The first-order chi connectivity index (χ1) is 12.0. The van der Waals surface area contributed by atoms with Crippen molar-refractivity contribution in [2.45, 2.75) is 26.7 Å². The molecule has 1 fully saturated rings. The fourth-order valence-corrected chi connectivity index (χ4v) is 3.65. The highest BCUT2D eigenvalue weighted by molar-refractivity contribution is 5.97. The second-order valence-corrected chi connectivity index (χ2v) is 7.47. The van der Waals surface area contributed by atoms with Crippen LogP contribution in [0.1, 0.15) is 37.0 Å². The Morgan fingerprint density at radius 3 is 2.96 bits per heavy atom. The molecular formula is C20H27N3O2. The third-order valence-corrected chi connectivity index (χ3v) is 4.78. The number of pyridine rings is 1. The van der Waals surface area contributed by atoms with Gasteiger partial charge in [-0.15, -0.1) is 0 Å². The number of piperidine rings is 1. The molecule has 134 valence electrons. The van der Waals surface area contributed by atoms with E-state index >= 15 is 0 Å². The molecule has 0 saturated carbocycles. The molecule has 0 bridgehead atoms. The smallest absolute Gasteiger partial charge is 0.261 e. The molecule has 2 heterocycles. The van der Waals surface area contributed by atoms with Crippen LogP contribution in [-0.4, -0.2) is 42.0 Å². The van der Waals surface area contributed by atoms with Crippen LogP contribution in [0.4, 0.5) is 0 Å². The summed E-state index contributed by atoms with van der Waals surface area (Å²) in [7, 11) is 0. The van der Waals surface area contributed by atoms with Gasteiger partial charge in [-0.25, -0.2) is 0 Å². The van der Waals surface area contributed by atoms with Gasteiger partial charge in [0.15, 0.2) is 0 Å². The molecule has 1 aliphatic rings. The highest BCUT2D eigenvalue weighted by Crippen LogP contribution is 2.17. The van der Waals surface area contributed by atoms with E-state index in [9.17, 15) is 9.59 Å². The van der Waals surface area contributed by atoms with Crippen LogP contribution in [0.15, 0.2) is 35.1 Å². The SMILES string of the molecule is CC(C)CN1CCC[C@H](CNC(=O)c2cc3ccccc3[nH]c2=O)C1. The van der Waals surface area contributed by atoms with Gasteiger partial charge in [0.05, 0.1) is 0 Å². The molecule has 1 saturated heterocycles. The first kappa shape index (κ1) is 17.7. The second kappa shape index (κ2) is 7.83. The summed E-state index contributed by atoms with van der Waals surface area (Å²) in [6.07, 6.45) is 2.30. The number of likely N-dealkylation sites (tertiary alicyclic amines) is 1. The molecule has 0 radical (unpaired) electrons. The van der Waals surface area contributed by atoms with E-state index in [0.717, 1.165) is 37.0 Å². The average Bonchev–Trinajstić information content (AvgIpc) is 2.59. The van der Waals surface area contributed by atoms with Crippen molar-refractivity contribution in [3.8, 4) is 0 Å². The molecule has 1 aliphatic heterocycles. The molecule has 1 amide bonds. The number of rotatable bonds is 5. The minimum atomic E-state index is -0.332. The van der Waals surface area contributed by atoms with Gasteiger partial charge in [-0.2, -0.15) is 0 Å². The number of hydrogen-bond acceptors (Lipinski definition) is 3. The lowest BCUT2D eigenvalue weighted by Crippen LogP contribution is -2.42. The van der Waals surface area contributed by atoms with Gasteiger partial charge in [0, 0.05) is 25.2 Å². The summed E-state index contributed by atoms with van der Waals surface area (Å²) in [5, 5.41) is 3.83. The van der Waals surface area contributed by atoms with E-state index in [0.29, 0.717) is 18.4 Å². The van der Waals surface area contributed by atoms with Crippen molar-refractivity contribution >= 4 is 16.8 Å². The minimum absolute atomic E-state index is 0.188. The van der Waals surface area contributed by atoms with E-state index in [4.69, 9.17) is 0 Å². The Kier molecular flexibility index (Phi) is 5.53. The summed E-state index contributed by atoms with van der Waals surface area (Å²) in [6.45, 7) is 8.36. The fraction of sp³-hybridized carbons (Fsp3) is 0.500. The van der Waals surface area contributed by atoms with Crippen LogP contribution in [0, 0.1) is 11.8 Å². The van der Waals surface area contributed by atoms with Crippen LogP contribution in [0.25, 0.3) is 10.9 Å². The van der Waals surface area contributed by atoms with Crippen molar-refractivity contribution in [1.29, 1.82) is 0 Å². The maximum atomic E-state index is 12.5. The number of amides is 1. The lowest BCUT2D eigenvalue weighted by Gasteiger charge is -2.33. The van der Waals surface area contributed by atoms with Crippen LogP contribution in [0.3, 0.4) is 0 Å². The van der Waals surface area contributed by atoms with Gasteiger partial charge in [-0.1, -0.05) is 32.0 Å². The topological polar surface area (TPSA) is 65.2 Å². The summed E-state index contributed by atoms with van der Waals surface area (Å²) in [5.41, 5.74) is 0.607. The van der Waals surface area contributed by atoms with Crippen LogP contribution < -0.4 is 10.9 Å². The zero-order chi connectivity index (χ0) is 17.8. The van der Waals surface area contributed by atoms with E-state index in [1.54, 1.807) is 6.07 Å². The fourth-order valence-electron chi connectivity index (χ4n) is 3.65. The predicted octanol–water partition coefficient (Wildman–Crippen LogP) is 2.63. The van der Waals surface area contributed by atoms with Gasteiger partial charge >= 0.3 is 0 Å². The molecule has 0 aliphatic carbocycles. The number of H-pyrrole nitrogens is 1. The third kappa shape index (κ3) is 4.48. The Bertz CT molecular complexity index is 797. The quantitative estimate of drug-likeness (QED) is 0.879. The van der Waals surface area contributed by atoms with Gasteiger partial charge in [-0.05, 0) is 48.7 Å². The van der Waals surface area contributed by atoms with E-state index < -0.39 is 0 Å². The molecule has 2 aromatic rings.